The Morgan fingerprint density at radius 1 is 1.40 bits per heavy atom. The molecule has 2 fully saturated rings. The molecule has 4 nitrogen and oxygen atoms in total. The molecule has 0 aromatic rings. The first kappa shape index (κ1) is 10.9. The van der Waals surface area contributed by atoms with Gasteiger partial charge in [-0.15, -0.1) is 0 Å². The van der Waals surface area contributed by atoms with Gasteiger partial charge in [0.15, 0.2) is 5.79 Å². The summed E-state index contributed by atoms with van der Waals surface area (Å²) in [4.78, 5) is 11.6. The topological polar surface area (TPSA) is 44.8 Å². The van der Waals surface area contributed by atoms with Gasteiger partial charge in [-0.25, -0.2) is 0 Å². The number of fused-ring (bicyclic) bond motifs is 1. The maximum atomic E-state index is 11.6. The van der Waals surface area contributed by atoms with Gasteiger partial charge in [0.25, 0.3) is 0 Å². The lowest BCUT2D eigenvalue weighted by molar-refractivity contribution is -0.168. The minimum atomic E-state index is -0.555. The highest BCUT2D eigenvalue weighted by Crippen LogP contribution is 2.41. The number of ether oxygens (including phenoxy) is 3. The average molecular weight is 214 g/mol. The van der Waals surface area contributed by atoms with Crippen molar-refractivity contribution < 1.29 is 19.0 Å². The van der Waals surface area contributed by atoms with Crippen molar-refractivity contribution in [3.05, 3.63) is 0 Å². The van der Waals surface area contributed by atoms with Crippen molar-refractivity contribution in [2.24, 2.45) is 5.92 Å². The van der Waals surface area contributed by atoms with Crippen LogP contribution in [0.3, 0.4) is 0 Å². The zero-order valence-corrected chi connectivity index (χ0v) is 9.49. The predicted molar refractivity (Wildman–Crippen MR) is 53.2 cm³/mol. The fraction of sp³-hybridized carbons (Fsp3) is 0.909. The normalized spacial score (nSPS) is 37.7. The Morgan fingerprint density at radius 3 is 2.80 bits per heavy atom. The van der Waals surface area contributed by atoms with Crippen molar-refractivity contribution in [2.75, 3.05) is 6.61 Å². The van der Waals surface area contributed by atoms with Crippen molar-refractivity contribution in [3.8, 4) is 0 Å². The molecular weight excluding hydrogens is 196 g/mol. The van der Waals surface area contributed by atoms with Gasteiger partial charge in [0.1, 0.15) is 6.10 Å². The molecule has 1 aliphatic heterocycles. The van der Waals surface area contributed by atoms with Gasteiger partial charge in [0.05, 0.1) is 18.6 Å². The summed E-state index contributed by atoms with van der Waals surface area (Å²) in [6.07, 6.45) is 1.65. The van der Waals surface area contributed by atoms with Crippen LogP contribution in [0.2, 0.25) is 0 Å². The second kappa shape index (κ2) is 3.76. The molecule has 0 unspecified atom stereocenters. The molecule has 0 bridgehead atoms. The number of rotatable bonds is 2. The van der Waals surface area contributed by atoms with Crippen LogP contribution < -0.4 is 0 Å². The molecular formula is C11H18O4. The Balaban J connectivity index is 2.02. The van der Waals surface area contributed by atoms with E-state index >= 15 is 0 Å². The van der Waals surface area contributed by atoms with E-state index < -0.39 is 5.79 Å². The van der Waals surface area contributed by atoms with Gasteiger partial charge >= 0.3 is 5.97 Å². The third-order valence-corrected chi connectivity index (χ3v) is 2.97. The SMILES string of the molecule is CCOC(=O)[C@H]1CC[C@@H]2OC(C)(C)O[C@@H]21. The van der Waals surface area contributed by atoms with E-state index in [1.54, 1.807) is 0 Å². The fourth-order valence-electron chi connectivity index (χ4n) is 2.44. The zero-order chi connectivity index (χ0) is 11.1. The van der Waals surface area contributed by atoms with E-state index in [9.17, 15) is 4.79 Å². The molecule has 1 saturated heterocycles. The first-order chi connectivity index (χ1) is 7.03. The minimum absolute atomic E-state index is 0.0643. The first-order valence-electron chi connectivity index (χ1n) is 5.56. The fourth-order valence-corrected chi connectivity index (χ4v) is 2.44. The second-order valence-corrected chi connectivity index (χ2v) is 4.57. The molecule has 0 aromatic carbocycles. The van der Waals surface area contributed by atoms with Gasteiger partial charge in [0.2, 0.25) is 0 Å². The smallest absolute Gasteiger partial charge is 0.311 e. The Morgan fingerprint density at radius 2 is 2.13 bits per heavy atom. The minimum Gasteiger partial charge on any atom is -0.466 e. The molecule has 1 saturated carbocycles. The summed E-state index contributed by atoms with van der Waals surface area (Å²) >= 11 is 0. The molecule has 0 amide bonds. The summed E-state index contributed by atoms with van der Waals surface area (Å²) in [7, 11) is 0. The van der Waals surface area contributed by atoms with Crippen LogP contribution in [0.15, 0.2) is 0 Å². The van der Waals surface area contributed by atoms with E-state index in [0.717, 1.165) is 12.8 Å². The van der Waals surface area contributed by atoms with E-state index in [0.29, 0.717) is 6.61 Å². The lowest BCUT2D eigenvalue weighted by atomic mass is 10.1. The standard InChI is InChI=1S/C11H18O4/c1-4-13-10(12)7-5-6-8-9(7)15-11(2,3)14-8/h7-9H,4-6H2,1-3H3/t7-,8-,9+/m0/s1. The number of carbonyl (C=O) groups is 1. The third-order valence-electron chi connectivity index (χ3n) is 2.97. The molecule has 0 aromatic heterocycles. The van der Waals surface area contributed by atoms with Crippen molar-refractivity contribution in [3.63, 3.8) is 0 Å². The summed E-state index contributed by atoms with van der Waals surface area (Å²) in [5.74, 6) is -0.844. The molecule has 3 atom stereocenters. The van der Waals surface area contributed by atoms with Crippen LogP contribution in [-0.2, 0) is 19.0 Å². The molecule has 1 aliphatic carbocycles. The Bertz CT molecular complexity index is 261. The molecule has 15 heavy (non-hydrogen) atoms. The molecule has 1 heterocycles. The van der Waals surface area contributed by atoms with E-state index in [1.165, 1.54) is 0 Å². The molecule has 86 valence electrons. The maximum Gasteiger partial charge on any atom is 0.311 e. The summed E-state index contributed by atoms with van der Waals surface area (Å²) in [5.41, 5.74) is 0. The van der Waals surface area contributed by atoms with Crippen molar-refractivity contribution in [1.29, 1.82) is 0 Å². The van der Waals surface area contributed by atoms with Gasteiger partial charge in [0, 0.05) is 0 Å². The number of esters is 1. The molecule has 0 radical (unpaired) electrons. The highest BCUT2D eigenvalue weighted by atomic mass is 16.8. The lowest BCUT2D eigenvalue weighted by Crippen LogP contribution is -2.31. The third kappa shape index (κ3) is 2.01. The molecule has 0 N–H and O–H groups in total. The summed E-state index contributed by atoms with van der Waals surface area (Å²) in [6.45, 7) is 6.01. The van der Waals surface area contributed by atoms with Gasteiger partial charge in [-0.3, -0.25) is 4.79 Å². The summed E-state index contributed by atoms with van der Waals surface area (Å²) < 4.78 is 16.5. The van der Waals surface area contributed by atoms with Crippen LogP contribution in [-0.4, -0.2) is 30.6 Å². The first-order valence-corrected chi connectivity index (χ1v) is 5.56. The molecule has 2 rings (SSSR count). The Labute approximate surface area is 89.9 Å². The van der Waals surface area contributed by atoms with Gasteiger partial charge in [-0.05, 0) is 33.6 Å². The second-order valence-electron chi connectivity index (χ2n) is 4.57. The number of hydrogen-bond donors (Lipinski definition) is 0. The van der Waals surface area contributed by atoms with Crippen LogP contribution in [0.4, 0.5) is 0 Å². The highest BCUT2D eigenvalue weighted by Gasteiger charge is 2.51. The van der Waals surface area contributed by atoms with Crippen molar-refractivity contribution in [1.82, 2.24) is 0 Å². The van der Waals surface area contributed by atoms with Crippen LogP contribution >= 0.6 is 0 Å². The van der Waals surface area contributed by atoms with E-state index in [2.05, 4.69) is 0 Å². The monoisotopic (exact) mass is 214 g/mol. The summed E-state index contributed by atoms with van der Waals surface area (Å²) in [5, 5.41) is 0. The lowest BCUT2D eigenvalue weighted by Gasteiger charge is -2.20. The number of hydrogen-bond acceptors (Lipinski definition) is 4. The van der Waals surface area contributed by atoms with E-state index in [1.807, 2.05) is 20.8 Å². The Kier molecular flexibility index (Phi) is 2.73. The zero-order valence-electron chi connectivity index (χ0n) is 9.49. The largest absolute Gasteiger partial charge is 0.466 e. The van der Waals surface area contributed by atoms with Gasteiger partial charge < -0.3 is 14.2 Å². The quantitative estimate of drug-likeness (QED) is 0.653. The van der Waals surface area contributed by atoms with Crippen molar-refractivity contribution >= 4 is 5.97 Å². The summed E-state index contributed by atoms with van der Waals surface area (Å²) in [6, 6.07) is 0. The van der Waals surface area contributed by atoms with Crippen LogP contribution in [0.5, 0.6) is 0 Å². The van der Waals surface area contributed by atoms with Crippen LogP contribution in [0.25, 0.3) is 0 Å². The van der Waals surface area contributed by atoms with E-state index in [-0.39, 0.29) is 24.1 Å². The van der Waals surface area contributed by atoms with Crippen LogP contribution in [0, 0.1) is 5.92 Å². The average Bonchev–Trinajstić information content (AvgIpc) is 2.59. The Hall–Kier alpha value is -0.610. The highest BCUT2D eigenvalue weighted by molar-refractivity contribution is 5.73. The van der Waals surface area contributed by atoms with Crippen LogP contribution in [0.1, 0.15) is 33.6 Å². The maximum absolute atomic E-state index is 11.6. The molecule has 0 spiro atoms. The molecule has 4 heteroatoms. The molecule has 2 aliphatic rings. The van der Waals surface area contributed by atoms with Gasteiger partial charge in [-0.2, -0.15) is 0 Å². The van der Waals surface area contributed by atoms with Crippen molar-refractivity contribution in [2.45, 2.75) is 51.6 Å². The van der Waals surface area contributed by atoms with E-state index in [4.69, 9.17) is 14.2 Å². The van der Waals surface area contributed by atoms with Gasteiger partial charge in [-0.1, -0.05) is 0 Å². The predicted octanol–water partition coefficient (Wildman–Crippen LogP) is 1.48. The number of carbonyl (C=O) groups excluding carboxylic acids is 1.